The van der Waals surface area contributed by atoms with Crippen LogP contribution in [0.4, 0.5) is 4.39 Å². The van der Waals surface area contributed by atoms with Crippen LogP contribution in [-0.4, -0.2) is 18.3 Å². The molecule has 0 saturated carbocycles. The first-order chi connectivity index (χ1) is 11.9. The molecule has 1 aromatic rings. The van der Waals surface area contributed by atoms with Gasteiger partial charge in [-0.05, 0) is 53.7 Å². The molecule has 0 saturated heterocycles. The Balaban J connectivity index is 1.73. The molecule has 0 aromatic heterocycles. The molecule has 1 unspecified atom stereocenters. The number of hydrogen-bond donors (Lipinski definition) is 1. The maximum absolute atomic E-state index is 13.7. The third kappa shape index (κ3) is 4.27. The monoisotopic (exact) mass is 357 g/mol. The van der Waals surface area contributed by atoms with E-state index in [4.69, 9.17) is 5.73 Å². The van der Waals surface area contributed by atoms with Crippen molar-refractivity contribution in [3.8, 4) is 0 Å². The van der Waals surface area contributed by atoms with Gasteiger partial charge in [0.05, 0.1) is 0 Å². The number of rotatable bonds is 5. The molecule has 0 fully saturated rings. The SMILES string of the molecule is C=C1C(CS(C)(C)Cc2ccccc2)=C(N)CC1C1=CCCC(F)=C1. The van der Waals surface area contributed by atoms with E-state index in [2.05, 4.69) is 55.5 Å². The summed E-state index contributed by atoms with van der Waals surface area (Å²) in [5, 5.41) is 0. The predicted octanol–water partition coefficient (Wildman–Crippen LogP) is 5.61. The fraction of sp³-hybridized carbons (Fsp3) is 0.364. The summed E-state index contributed by atoms with van der Waals surface area (Å²) in [7, 11) is -0.856. The molecule has 0 amide bonds. The Kier molecular flexibility index (Phi) is 5.24. The van der Waals surface area contributed by atoms with Crippen molar-refractivity contribution in [2.24, 2.45) is 11.7 Å². The van der Waals surface area contributed by atoms with E-state index in [1.165, 1.54) is 11.1 Å². The second-order valence-corrected chi connectivity index (χ2v) is 11.8. The van der Waals surface area contributed by atoms with Crippen LogP contribution in [0.15, 0.2) is 77.3 Å². The largest absolute Gasteiger partial charge is 0.402 e. The van der Waals surface area contributed by atoms with Gasteiger partial charge in [0.25, 0.3) is 0 Å². The molecule has 1 atom stereocenters. The lowest BCUT2D eigenvalue weighted by molar-refractivity contribution is 0.577. The van der Waals surface area contributed by atoms with Crippen molar-refractivity contribution in [1.82, 2.24) is 0 Å². The van der Waals surface area contributed by atoms with Crippen LogP contribution in [0.25, 0.3) is 0 Å². The van der Waals surface area contributed by atoms with E-state index in [1.807, 2.05) is 0 Å². The smallest absolute Gasteiger partial charge is 0.101 e. The molecular weight excluding hydrogens is 329 g/mol. The zero-order chi connectivity index (χ0) is 18.0. The normalized spacial score (nSPS) is 22.0. The van der Waals surface area contributed by atoms with Crippen LogP contribution in [0, 0.1) is 5.92 Å². The summed E-state index contributed by atoms with van der Waals surface area (Å²) in [4.78, 5) is 0. The van der Waals surface area contributed by atoms with E-state index in [9.17, 15) is 4.39 Å². The first-order valence-corrected chi connectivity index (χ1v) is 11.6. The minimum atomic E-state index is -0.856. The maximum atomic E-state index is 13.7. The van der Waals surface area contributed by atoms with Gasteiger partial charge in [0.2, 0.25) is 0 Å². The van der Waals surface area contributed by atoms with Crippen molar-refractivity contribution >= 4 is 10.0 Å². The van der Waals surface area contributed by atoms with E-state index in [1.54, 1.807) is 6.08 Å². The summed E-state index contributed by atoms with van der Waals surface area (Å²) >= 11 is 0. The van der Waals surface area contributed by atoms with Gasteiger partial charge in [-0.2, -0.15) is 0 Å². The second-order valence-electron chi connectivity index (χ2n) is 7.66. The van der Waals surface area contributed by atoms with Crippen LogP contribution >= 0.6 is 10.0 Å². The van der Waals surface area contributed by atoms with Gasteiger partial charge >= 0.3 is 0 Å². The molecule has 2 N–H and O–H groups in total. The highest BCUT2D eigenvalue weighted by molar-refractivity contribution is 8.32. The van der Waals surface area contributed by atoms with Crippen LogP contribution in [-0.2, 0) is 5.75 Å². The Labute approximate surface area is 152 Å². The van der Waals surface area contributed by atoms with Crippen LogP contribution in [0.5, 0.6) is 0 Å². The lowest BCUT2D eigenvalue weighted by Crippen LogP contribution is -2.10. The number of hydrogen-bond acceptors (Lipinski definition) is 1. The topological polar surface area (TPSA) is 26.0 Å². The van der Waals surface area contributed by atoms with Crippen molar-refractivity contribution < 1.29 is 4.39 Å². The summed E-state index contributed by atoms with van der Waals surface area (Å²) in [5.41, 5.74) is 12.1. The third-order valence-corrected chi connectivity index (χ3v) is 7.23. The van der Waals surface area contributed by atoms with E-state index in [0.29, 0.717) is 6.42 Å². The molecule has 1 aromatic carbocycles. The molecule has 0 aliphatic heterocycles. The lowest BCUT2D eigenvalue weighted by atomic mass is 9.88. The molecule has 0 radical (unpaired) electrons. The minimum Gasteiger partial charge on any atom is -0.402 e. The second kappa shape index (κ2) is 7.25. The zero-order valence-electron chi connectivity index (χ0n) is 15.2. The van der Waals surface area contributed by atoms with E-state index >= 15 is 0 Å². The van der Waals surface area contributed by atoms with Gasteiger partial charge in [0.1, 0.15) is 5.83 Å². The summed E-state index contributed by atoms with van der Waals surface area (Å²) in [6.07, 6.45) is 10.6. The molecule has 3 heteroatoms. The van der Waals surface area contributed by atoms with Gasteiger partial charge < -0.3 is 5.73 Å². The minimum absolute atomic E-state index is 0.0210. The molecule has 134 valence electrons. The molecule has 25 heavy (non-hydrogen) atoms. The third-order valence-electron chi connectivity index (χ3n) is 5.04. The van der Waals surface area contributed by atoms with Crippen LogP contribution in [0.3, 0.4) is 0 Å². The number of benzene rings is 1. The van der Waals surface area contributed by atoms with Gasteiger partial charge in [0, 0.05) is 29.5 Å². The van der Waals surface area contributed by atoms with Crippen LogP contribution in [0.2, 0.25) is 0 Å². The van der Waals surface area contributed by atoms with Gasteiger partial charge in [-0.1, -0.05) is 43.0 Å². The Hall–Kier alpha value is -1.74. The summed E-state index contributed by atoms with van der Waals surface area (Å²) < 4.78 is 13.7. The van der Waals surface area contributed by atoms with Gasteiger partial charge in [-0.15, -0.1) is 0 Å². The fourth-order valence-corrected chi connectivity index (χ4v) is 6.14. The highest BCUT2D eigenvalue weighted by Gasteiger charge is 2.31. The highest BCUT2D eigenvalue weighted by Crippen LogP contribution is 2.50. The maximum Gasteiger partial charge on any atom is 0.101 e. The standard InChI is InChI=1S/C22H28FNS/c1-16-20(18-10-7-11-19(23)12-18)13-22(24)21(16)15-25(2,3)14-17-8-5-4-6-9-17/h4-6,8-10,12,20H,1,7,11,13-15,24H2,2-3H3. The van der Waals surface area contributed by atoms with E-state index in [-0.39, 0.29) is 11.7 Å². The van der Waals surface area contributed by atoms with E-state index < -0.39 is 10.0 Å². The first kappa shape index (κ1) is 18.1. The number of allylic oxidation sites excluding steroid dienone is 6. The Morgan fingerprint density at radius 2 is 1.92 bits per heavy atom. The fourth-order valence-electron chi connectivity index (χ4n) is 3.79. The van der Waals surface area contributed by atoms with Gasteiger partial charge in [-0.3, -0.25) is 0 Å². The van der Waals surface area contributed by atoms with Crippen molar-refractivity contribution in [3.05, 3.63) is 82.9 Å². The average Bonchev–Trinajstić information content (AvgIpc) is 2.83. The molecule has 1 nitrogen and oxygen atoms in total. The average molecular weight is 358 g/mol. The molecule has 0 spiro atoms. The Morgan fingerprint density at radius 3 is 2.60 bits per heavy atom. The molecule has 2 aliphatic rings. The highest BCUT2D eigenvalue weighted by atomic mass is 32.3. The summed E-state index contributed by atoms with van der Waals surface area (Å²) in [6, 6.07) is 10.6. The molecule has 0 heterocycles. The quantitative estimate of drug-likeness (QED) is 0.728. The van der Waals surface area contributed by atoms with Crippen molar-refractivity contribution in [2.75, 3.05) is 18.3 Å². The Bertz CT molecular complexity index is 755. The van der Waals surface area contributed by atoms with E-state index in [0.717, 1.165) is 41.2 Å². The predicted molar refractivity (Wildman–Crippen MR) is 109 cm³/mol. The molecule has 0 bridgehead atoms. The zero-order valence-corrected chi connectivity index (χ0v) is 16.0. The Morgan fingerprint density at radius 1 is 1.20 bits per heavy atom. The summed E-state index contributed by atoms with van der Waals surface area (Å²) in [5.74, 6) is 2.21. The van der Waals surface area contributed by atoms with Crippen molar-refractivity contribution in [2.45, 2.75) is 25.0 Å². The van der Waals surface area contributed by atoms with Crippen molar-refractivity contribution in [3.63, 3.8) is 0 Å². The first-order valence-electron chi connectivity index (χ1n) is 8.81. The lowest BCUT2D eigenvalue weighted by Gasteiger charge is -2.33. The van der Waals surface area contributed by atoms with Crippen molar-refractivity contribution in [1.29, 1.82) is 0 Å². The summed E-state index contributed by atoms with van der Waals surface area (Å²) in [6.45, 7) is 4.34. The molecular formula is C22H28FNS. The van der Waals surface area contributed by atoms with Gasteiger partial charge in [-0.25, -0.2) is 14.4 Å². The molecule has 2 aliphatic carbocycles. The molecule has 3 rings (SSSR count). The number of nitrogens with two attached hydrogens (primary N) is 1. The van der Waals surface area contributed by atoms with Crippen LogP contribution < -0.4 is 5.73 Å². The number of halogens is 1. The van der Waals surface area contributed by atoms with Crippen LogP contribution in [0.1, 0.15) is 24.8 Å². The van der Waals surface area contributed by atoms with Gasteiger partial charge in [0.15, 0.2) is 0 Å².